The van der Waals surface area contributed by atoms with Gasteiger partial charge in [-0.05, 0) is 36.8 Å². The average molecular weight is 251 g/mol. The molecule has 0 bridgehead atoms. The molecule has 1 heterocycles. The van der Waals surface area contributed by atoms with Crippen LogP contribution in [0.4, 0.5) is 0 Å². The Morgan fingerprint density at radius 1 is 1.53 bits per heavy atom. The van der Waals surface area contributed by atoms with E-state index in [1.165, 1.54) is 0 Å². The molecule has 1 aliphatic rings. The molecule has 0 fully saturated rings. The Balaban J connectivity index is 2.31. The number of rotatable bonds is 4. The number of carboxylic acid groups (broad SMARTS) is 1. The lowest BCUT2D eigenvalue weighted by Gasteiger charge is -2.09. The first-order chi connectivity index (χ1) is 8.08. The number of carboxylic acids is 1. The molecule has 0 unspecified atom stereocenters. The molecule has 0 radical (unpaired) electrons. The third kappa shape index (κ3) is 2.80. The van der Waals surface area contributed by atoms with Crippen molar-refractivity contribution >= 4 is 17.7 Å². The van der Waals surface area contributed by atoms with Crippen molar-refractivity contribution in [1.29, 1.82) is 0 Å². The number of aromatic carboxylic acids is 1. The van der Waals surface area contributed by atoms with E-state index in [1.807, 2.05) is 6.07 Å². The van der Waals surface area contributed by atoms with Gasteiger partial charge in [0.05, 0.1) is 5.56 Å². The normalized spacial score (nSPS) is 14.1. The molecule has 2 rings (SSSR count). The van der Waals surface area contributed by atoms with Crippen LogP contribution in [-0.2, 0) is 12.8 Å². The number of aryl methyl sites for hydroxylation is 2. The van der Waals surface area contributed by atoms with Gasteiger partial charge in [0.1, 0.15) is 5.03 Å². The molecule has 92 valence electrons. The molecule has 17 heavy (non-hydrogen) atoms. The fraction of sp³-hybridized carbons (Fsp3) is 0.538. The van der Waals surface area contributed by atoms with Gasteiger partial charge in [0.15, 0.2) is 0 Å². The van der Waals surface area contributed by atoms with Crippen LogP contribution in [0.2, 0.25) is 0 Å². The van der Waals surface area contributed by atoms with Crippen LogP contribution in [0.15, 0.2) is 11.1 Å². The van der Waals surface area contributed by atoms with E-state index in [-0.39, 0.29) is 0 Å². The Hall–Kier alpha value is -1.03. The van der Waals surface area contributed by atoms with Gasteiger partial charge in [0, 0.05) is 11.4 Å². The smallest absolute Gasteiger partial charge is 0.338 e. The Morgan fingerprint density at radius 2 is 2.29 bits per heavy atom. The second-order valence-electron chi connectivity index (χ2n) is 4.81. The molecule has 0 saturated carbocycles. The lowest BCUT2D eigenvalue weighted by molar-refractivity contribution is 0.0692. The fourth-order valence-corrected chi connectivity index (χ4v) is 2.93. The van der Waals surface area contributed by atoms with Gasteiger partial charge in [-0.1, -0.05) is 13.8 Å². The number of fused-ring (bicyclic) bond motifs is 1. The topological polar surface area (TPSA) is 50.2 Å². The summed E-state index contributed by atoms with van der Waals surface area (Å²) in [6, 6.07) is 1.82. The molecule has 1 aromatic rings. The number of thioether (sulfide) groups is 1. The van der Waals surface area contributed by atoms with Crippen molar-refractivity contribution in [3.63, 3.8) is 0 Å². The molecule has 1 aliphatic carbocycles. The molecule has 0 spiro atoms. The van der Waals surface area contributed by atoms with Crippen molar-refractivity contribution in [2.24, 2.45) is 5.92 Å². The van der Waals surface area contributed by atoms with Crippen molar-refractivity contribution in [2.75, 3.05) is 5.75 Å². The van der Waals surface area contributed by atoms with Crippen molar-refractivity contribution in [3.05, 3.63) is 22.9 Å². The predicted octanol–water partition coefficient (Wildman–Crippen LogP) is 3.02. The second-order valence-corrected chi connectivity index (χ2v) is 5.82. The zero-order valence-electron chi connectivity index (χ0n) is 10.2. The third-order valence-electron chi connectivity index (χ3n) is 2.80. The summed E-state index contributed by atoms with van der Waals surface area (Å²) >= 11 is 1.56. The number of pyridine rings is 1. The lowest BCUT2D eigenvalue weighted by Crippen LogP contribution is -2.05. The van der Waals surface area contributed by atoms with E-state index in [1.54, 1.807) is 11.8 Å². The molecule has 0 saturated heterocycles. The summed E-state index contributed by atoms with van der Waals surface area (Å²) in [6.07, 6.45) is 3.06. The number of hydrogen-bond acceptors (Lipinski definition) is 3. The summed E-state index contributed by atoms with van der Waals surface area (Å²) in [6.45, 7) is 4.25. The first kappa shape index (κ1) is 12.4. The molecule has 0 aromatic carbocycles. The molecule has 0 aliphatic heterocycles. The molecular formula is C13H17NO2S. The minimum Gasteiger partial charge on any atom is -0.478 e. The maximum atomic E-state index is 11.2. The highest BCUT2D eigenvalue weighted by Crippen LogP contribution is 2.29. The molecule has 3 nitrogen and oxygen atoms in total. The molecule has 1 N–H and O–H groups in total. The van der Waals surface area contributed by atoms with Crippen LogP contribution in [0.1, 0.15) is 41.9 Å². The fourth-order valence-electron chi connectivity index (χ4n) is 1.96. The van der Waals surface area contributed by atoms with Crippen LogP contribution in [0.5, 0.6) is 0 Å². The Kier molecular flexibility index (Phi) is 3.72. The monoisotopic (exact) mass is 251 g/mol. The minimum atomic E-state index is -0.863. The average Bonchev–Trinajstić information content (AvgIpc) is 2.71. The van der Waals surface area contributed by atoms with Crippen LogP contribution >= 0.6 is 11.8 Å². The van der Waals surface area contributed by atoms with Crippen LogP contribution in [0, 0.1) is 5.92 Å². The molecule has 1 aromatic heterocycles. The predicted molar refractivity (Wildman–Crippen MR) is 68.8 cm³/mol. The summed E-state index contributed by atoms with van der Waals surface area (Å²) in [7, 11) is 0. The number of nitrogens with zero attached hydrogens (tertiary/aromatic N) is 1. The van der Waals surface area contributed by atoms with E-state index in [4.69, 9.17) is 0 Å². The zero-order chi connectivity index (χ0) is 12.4. The van der Waals surface area contributed by atoms with Gasteiger partial charge < -0.3 is 5.11 Å². The molecule has 0 atom stereocenters. The van der Waals surface area contributed by atoms with Crippen LogP contribution in [-0.4, -0.2) is 21.8 Å². The van der Waals surface area contributed by atoms with Gasteiger partial charge >= 0.3 is 5.97 Å². The molecule has 0 amide bonds. The van der Waals surface area contributed by atoms with Gasteiger partial charge in [-0.3, -0.25) is 0 Å². The van der Waals surface area contributed by atoms with Gasteiger partial charge in [-0.15, -0.1) is 11.8 Å². The summed E-state index contributed by atoms with van der Waals surface area (Å²) in [4.78, 5) is 15.7. The Morgan fingerprint density at radius 3 is 2.94 bits per heavy atom. The second kappa shape index (κ2) is 5.08. The van der Waals surface area contributed by atoms with Crippen molar-refractivity contribution in [2.45, 2.75) is 38.1 Å². The summed E-state index contributed by atoms with van der Waals surface area (Å²) < 4.78 is 0. The standard InChI is InChI=1S/C13H17NO2S/c1-8(2)7-17-12-10(13(15)16)6-9-4-3-5-11(9)14-12/h6,8H,3-5,7H2,1-2H3,(H,15,16). The van der Waals surface area contributed by atoms with E-state index in [0.717, 1.165) is 36.3 Å². The van der Waals surface area contributed by atoms with Crippen LogP contribution in [0.25, 0.3) is 0 Å². The van der Waals surface area contributed by atoms with Crippen LogP contribution < -0.4 is 0 Å². The Labute approximate surface area is 106 Å². The van der Waals surface area contributed by atoms with E-state index in [2.05, 4.69) is 18.8 Å². The van der Waals surface area contributed by atoms with Gasteiger partial charge in [-0.2, -0.15) is 0 Å². The van der Waals surface area contributed by atoms with E-state index in [9.17, 15) is 9.90 Å². The lowest BCUT2D eigenvalue weighted by atomic mass is 10.1. The number of hydrogen-bond donors (Lipinski definition) is 1. The van der Waals surface area contributed by atoms with Crippen molar-refractivity contribution in [3.8, 4) is 0 Å². The summed E-state index contributed by atoms with van der Waals surface area (Å²) in [5.41, 5.74) is 2.59. The highest BCUT2D eigenvalue weighted by atomic mass is 32.2. The zero-order valence-corrected chi connectivity index (χ0v) is 11.0. The third-order valence-corrected chi connectivity index (χ3v) is 4.22. The van der Waals surface area contributed by atoms with Crippen molar-refractivity contribution in [1.82, 2.24) is 4.98 Å². The minimum absolute atomic E-state index is 0.372. The van der Waals surface area contributed by atoms with Gasteiger partial charge in [0.25, 0.3) is 0 Å². The largest absolute Gasteiger partial charge is 0.478 e. The first-order valence-corrected chi connectivity index (χ1v) is 6.95. The number of aromatic nitrogens is 1. The quantitative estimate of drug-likeness (QED) is 0.836. The number of carbonyl (C=O) groups is 1. The highest BCUT2D eigenvalue weighted by molar-refractivity contribution is 7.99. The van der Waals surface area contributed by atoms with Gasteiger partial charge in [0.2, 0.25) is 0 Å². The summed E-state index contributed by atoms with van der Waals surface area (Å²) in [5.74, 6) is 0.585. The Bertz CT molecular complexity index is 443. The van der Waals surface area contributed by atoms with E-state index in [0.29, 0.717) is 16.5 Å². The van der Waals surface area contributed by atoms with Crippen molar-refractivity contribution < 1.29 is 9.90 Å². The molecule has 4 heteroatoms. The maximum Gasteiger partial charge on any atom is 0.338 e. The SMILES string of the molecule is CC(C)CSc1nc2c(cc1C(=O)O)CCC2. The van der Waals surface area contributed by atoms with Gasteiger partial charge in [-0.25, -0.2) is 9.78 Å². The highest BCUT2D eigenvalue weighted by Gasteiger charge is 2.20. The molecular weight excluding hydrogens is 234 g/mol. The van der Waals surface area contributed by atoms with E-state index < -0.39 is 5.97 Å². The maximum absolute atomic E-state index is 11.2. The van der Waals surface area contributed by atoms with Crippen LogP contribution in [0.3, 0.4) is 0 Å². The summed E-state index contributed by atoms with van der Waals surface area (Å²) in [5, 5.41) is 9.90. The van der Waals surface area contributed by atoms with E-state index >= 15 is 0 Å². The first-order valence-electron chi connectivity index (χ1n) is 5.97.